The summed E-state index contributed by atoms with van der Waals surface area (Å²) in [6.07, 6.45) is 5.65. The molecular formula is C23H22FN3O. The van der Waals surface area contributed by atoms with Crippen LogP contribution in [0.25, 0.3) is 11.3 Å². The maximum atomic E-state index is 13.3. The average molecular weight is 375 g/mol. The van der Waals surface area contributed by atoms with Gasteiger partial charge in [-0.3, -0.25) is 14.8 Å². The van der Waals surface area contributed by atoms with Gasteiger partial charge in [-0.15, -0.1) is 0 Å². The highest BCUT2D eigenvalue weighted by Gasteiger charge is 2.27. The van der Waals surface area contributed by atoms with E-state index in [2.05, 4.69) is 9.97 Å². The molecule has 1 amide bonds. The molecule has 1 atom stereocenters. The highest BCUT2D eigenvalue weighted by molar-refractivity contribution is 5.79. The minimum Gasteiger partial charge on any atom is -0.342 e. The lowest BCUT2D eigenvalue weighted by molar-refractivity contribution is -0.131. The second-order valence-electron chi connectivity index (χ2n) is 7.14. The first kappa shape index (κ1) is 18.3. The first-order chi connectivity index (χ1) is 13.7. The van der Waals surface area contributed by atoms with Crippen LogP contribution in [0.3, 0.4) is 0 Å². The van der Waals surface area contributed by atoms with Crippen LogP contribution in [0.5, 0.6) is 0 Å². The molecule has 1 saturated heterocycles. The molecule has 1 aliphatic heterocycles. The molecule has 0 saturated carbocycles. The van der Waals surface area contributed by atoms with Crippen molar-refractivity contribution in [3.8, 4) is 11.3 Å². The fraction of sp³-hybridized carbons (Fsp3) is 0.261. The molecule has 0 bridgehead atoms. The number of hydrogen-bond acceptors (Lipinski definition) is 3. The van der Waals surface area contributed by atoms with Crippen LogP contribution < -0.4 is 0 Å². The molecule has 5 heteroatoms. The Balaban J connectivity index is 1.54. The Kier molecular flexibility index (Phi) is 5.42. The Labute approximate surface area is 164 Å². The fourth-order valence-electron chi connectivity index (χ4n) is 3.79. The highest BCUT2D eigenvalue weighted by Crippen LogP contribution is 2.32. The SMILES string of the molecule is O=C(Cc1ccccc1)N1CCCC(c2nccnc2-c2ccc(F)cc2)C1. The summed E-state index contributed by atoms with van der Waals surface area (Å²) in [6, 6.07) is 16.1. The second-order valence-corrected chi connectivity index (χ2v) is 7.14. The highest BCUT2D eigenvalue weighted by atomic mass is 19.1. The number of benzene rings is 2. The molecule has 3 aromatic rings. The Morgan fingerprint density at radius 2 is 1.79 bits per heavy atom. The maximum absolute atomic E-state index is 13.3. The van der Waals surface area contributed by atoms with Gasteiger partial charge in [-0.1, -0.05) is 30.3 Å². The number of amides is 1. The fourth-order valence-corrected chi connectivity index (χ4v) is 3.79. The number of likely N-dealkylation sites (tertiary alicyclic amines) is 1. The van der Waals surface area contributed by atoms with Crippen molar-refractivity contribution >= 4 is 5.91 Å². The van der Waals surface area contributed by atoms with E-state index < -0.39 is 0 Å². The van der Waals surface area contributed by atoms with E-state index >= 15 is 0 Å². The number of carbonyl (C=O) groups is 1. The van der Waals surface area contributed by atoms with Crippen LogP contribution >= 0.6 is 0 Å². The van der Waals surface area contributed by atoms with Crippen LogP contribution in [-0.2, 0) is 11.2 Å². The van der Waals surface area contributed by atoms with Crippen LogP contribution in [0.1, 0.15) is 30.0 Å². The topological polar surface area (TPSA) is 46.1 Å². The Hall–Kier alpha value is -3.08. The van der Waals surface area contributed by atoms with Gasteiger partial charge in [-0.2, -0.15) is 0 Å². The van der Waals surface area contributed by atoms with Crippen molar-refractivity contribution in [1.82, 2.24) is 14.9 Å². The summed E-state index contributed by atoms with van der Waals surface area (Å²) >= 11 is 0. The van der Waals surface area contributed by atoms with E-state index in [9.17, 15) is 9.18 Å². The van der Waals surface area contributed by atoms with Crippen molar-refractivity contribution in [3.63, 3.8) is 0 Å². The lowest BCUT2D eigenvalue weighted by Gasteiger charge is -2.33. The van der Waals surface area contributed by atoms with Gasteiger partial charge in [0.25, 0.3) is 0 Å². The molecule has 4 nitrogen and oxygen atoms in total. The van der Waals surface area contributed by atoms with E-state index in [1.54, 1.807) is 24.5 Å². The molecule has 2 aromatic carbocycles. The molecule has 0 aliphatic carbocycles. The summed E-state index contributed by atoms with van der Waals surface area (Å²) in [7, 11) is 0. The van der Waals surface area contributed by atoms with Gasteiger partial charge in [0.2, 0.25) is 5.91 Å². The predicted octanol–water partition coefficient (Wildman–Crippen LogP) is 4.23. The number of halogens is 1. The molecule has 28 heavy (non-hydrogen) atoms. The summed E-state index contributed by atoms with van der Waals surface area (Å²) in [4.78, 5) is 23.8. The number of nitrogens with zero attached hydrogens (tertiary/aromatic N) is 3. The van der Waals surface area contributed by atoms with E-state index in [0.717, 1.165) is 41.9 Å². The molecule has 0 spiro atoms. The lowest BCUT2D eigenvalue weighted by atomic mass is 9.91. The summed E-state index contributed by atoms with van der Waals surface area (Å²) in [5, 5.41) is 0. The quantitative estimate of drug-likeness (QED) is 0.685. The van der Waals surface area contributed by atoms with Crippen LogP contribution in [0.2, 0.25) is 0 Å². The van der Waals surface area contributed by atoms with Crippen molar-refractivity contribution in [2.75, 3.05) is 13.1 Å². The van der Waals surface area contributed by atoms with Gasteiger partial charge in [-0.05, 0) is 42.7 Å². The molecule has 2 heterocycles. The summed E-state index contributed by atoms with van der Waals surface area (Å²) in [5.41, 5.74) is 3.52. The monoisotopic (exact) mass is 375 g/mol. The van der Waals surface area contributed by atoms with Crippen molar-refractivity contribution in [2.45, 2.75) is 25.2 Å². The van der Waals surface area contributed by atoms with Crippen LogP contribution in [-0.4, -0.2) is 33.9 Å². The van der Waals surface area contributed by atoms with Gasteiger partial charge in [-0.25, -0.2) is 4.39 Å². The van der Waals surface area contributed by atoms with Crippen molar-refractivity contribution in [3.05, 3.63) is 84.1 Å². The van der Waals surface area contributed by atoms with Crippen molar-refractivity contribution in [1.29, 1.82) is 0 Å². The molecular weight excluding hydrogens is 353 g/mol. The van der Waals surface area contributed by atoms with Crippen LogP contribution in [0, 0.1) is 5.82 Å². The Morgan fingerprint density at radius 3 is 2.57 bits per heavy atom. The third-order valence-electron chi connectivity index (χ3n) is 5.20. The zero-order valence-electron chi connectivity index (χ0n) is 15.6. The number of hydrogen-bond donors (Lipinski definition) is 0. The first-order valence-corrected chi connectivity index (χ1v) is 9.59. The minimum absolute atomic E-state index is 0.127. The molecule has 0 N–H and O–H groups in total. The standard InChI is InChI=1S/C23H22FN3O/c24-20-10-8-18(9-11-20)22-23(26-13-12-25-22)19-7-4-14-27(16-19)21(28)15-17-5-2-1-3-6-17/h1-3,5-6,8-13,19H,4,7,14-16H2. The van der Waals surface area contributed by atoms with Gasteiger partial charge in [0.15, 0.2) is 0 Å². The Morgan fingerprint density at radius 1 is 1.04 bits per heavy atom. The van der Waals surface area contributed by atoms with Crippen molar-refractivity contribution < 1.29 is 9.18 Å². The third kappa shape index (κ3) is 4.09. The van der Waals surface area contributed by atoms with Gasteiger partial charge in [0.05, 0.1) is 17.8 Å². The molecule has 1 fully saturated rings. The Bertz CT molecular complexity index is 944. The van der Waals surface area contributed by atoms with Crippen molar-refractivity contribution in [2.24, 2.45) is 0 Å². The van der Waals surface area contributed by atoms with Gasteiger partial charge < -0.3 is 4.90 Å². The number of aromatic nitrogens is 2. The summed E-state index contributed by atoms with van der Waals surface area (Å²) < 4.78 is 13.3. The van der Waals surface area contributed by atoms with Crippen LogP contribution in [0.15, 0.2) is 67.0 Å². The smallest absolute Gasteiger partial charge is 0.227 e. The second kappa shape index (κ2) is 8.30. The molecule has 4 rings (SSSR count). The summed E-state index contributed by atoms with van der Waals surface area (Å²) in [5.74, 6) is -0.00473. The van der Waals surface area contributed by atoms with Gasteiger partial charge >= 0.3 is 0 Å². The first-order valence-electron chi connectivity index (χ1n) is 9.59. The van der Waals surface area contributed by atoms with E-state index in [4.69, 9.17) is 0 Å². The zero-order valence-corrected chi connectivity index (χ0v) is 15.6. The maximum Gasteiger partial charge on any atom is 0.227 e. The molecule has 1 unspecified atom stereocenters. The lowest BCUT2D eigenvalue weighted by Crippen LogP contribution is -2.40. The van der Waals surface area contributed by atoms with Gasteiger partial charge in [0.1, 0.15) is 5.82 Å². The van der Waals surface area contributed by atoms with E-state index in [1.165, 1.54) is 12.1 Å². The minimum atomic E-state index is -0.274. The predicted molar refractivity (Wildman–Crippen MR) is 106 cm³/mol. The van der Waals surface area contributed by atoms with Gasteiger partial charge in [0, 0.05) is 37.0 Å². The number of piperidine rings is 1. The normalized spacial score (nSPS) is 16.8. The average Bonchev–Trinajstić information content (AvgIpc) is 2.75. The van der Waals surface area contributed by atoms with E-state index in [-0.39, 0.29) is 17.6 Å². The molecule has 0 radical (unpaired) electrons. The molecule has 1 aliphatic rings. The largest absolute Gasteiger partial charge is 0.342 e. The van der Waals surface area contributed by atoms with E-state index in [0.29, 0.717) is 13.0 Å². The molecule has 1 aromatic heterocycles. The summed E-state index contributed by atoms with van der Waals surface area (Å²) in [6.45, 7) is 1.41. The number of rotatable bonds is 4. The zero-order chi connectivity index (χ0) is 19.3. The third-order valence-corrected chi connectivity index (χ3v) is 5.20. The van der Waals surface area contributed by atoms with Crippen LogP contribution in [0.4, 0.5) is 4.39 Å². The molecule has 142 valence electrons. The number of carbonyl (C=O) groups excluding carboxylic acids is 1. The van der Waals surface area contributed by atoms with E-state index in [1.807, 2.05) is 35.2 Å².